The third-order valence-electron chi connectivity index (χ3n) is 2.32. The normalized spacial score (nSPS) is 21.2. The summed E-state index contributed by atoms with van der Waals surface area (Å²) < 4.78 is 26.2. The molecule has 4 heteroatoms. The summed E-state index contributed by atoms with van der Waals surface area (Å²) in [6.45, 7) is 0.857. The predicted octanol–water partition coefficient (Wildman–Crippen LogP) is 1.58. The van der Waals surface area contributed by atoms with E-state index in [1.165, 1.54) is 6.07 Å². The minimum atomic E-state index is -0.551. The van der Waals surface area contributed by atoms with Crippen LogP contribution in [0.5, 0.6) is 0 Å². The fourth-order valence-corrected chi connectivity index (χ4v) is 1.40. The maximum absolute atomic E-state index is 13.2. The first kappa shape index (κ1) is 8.44. The van der Waals surface area contributed by atoms with Crippen molar-refractivity contribution in [2.75, 3.05) is 12.3 Å². The van der Waals surface area contributed by atoms with Crippen LogP contribution in [0.4, 0.5) is 14.5 Å². The zero-order valence-electron chi connectivity index (χ0n) is 6.98. The van der Waals surface area contributed by atoms with E-state index in [2.05, 4.69) is 5.32 Å². The lowest BCUT2D eigenvalue weighted by Gasteiger charge is -2.28. The molecule has 1 saturated heterocycles. The number of halogens is 2. The van der Waals surface area contributed by atoms with E-state index < -0.39 is 11.6 Å². The molecule has 0 radical (unpaired) electrons. The predicted molar refractivity (Wildman–Crippen MR) is 46.1 cm³/mol. The molecule has 3 N–H and O–H groups in total. The van der Waals surface area contributed by atoms with Crippen molar-refractivity contribution in [1.82, 2.24) is 5.32 Å². The van der Waals surface area contributed by atoms with E-state index in [1.807, 2.05) is 0 Å². The van der Waals surface area contributed by atoms with Gasteiger partial charge in [-0.15, -0.1) is 0 Å². The van der Waals surface area contributed by atoms with E-state index in [0.717, 1.165) is 19.0 Å². The van der Waals surface area contributed by atoms with Crippen molar-refractivity contribution in [3.05, 3.63) is 29.3 Å². The van der Waals surface area contributed by atoms with Gasteiger partial charge in [-0.1, -0.05) is 0 Å². The monoisotopic (exact) mass is 184 g/mol. The summed E-state index contributed by atoms with van der Waals surface area (Å²) in [4.78, 5) is 0. The number of nitrogens with two attached hydrogens (primary N) is 1. The van der Waals surface area contributed by atoms with Gasteiger partial charge in [0.2, 0.25) is 0 Å². The van der Waals surface area contributed by atoms with Gasteiger partial charge in [0.05, 0.1) is 5.69 Å². The highest BCUT2D eigenvalue weighted by molar-refractivity contribution is 5.43. The van der Waals surface area contributed by atoms with Gasteiger partial charge in [-0.2, -0.15) is 0 Å². The van der Waals surface area contributed by atoms with E-state index in [9.17, 15) is 8.78 Å². The Balaban J connectivity index is 2.39. The molecule has 1 aliphatic rings. The highest BCUT2D eigenvalue weighted by Gasteiger charge is 2.22. The minimum Gasteiger partial charge on any atom is -0.396 e. The van der Waals surface area contributed by atoms with E-state index in [1.54, 1.807) is 0 Å². The number of rotatable bonds is 1. The van der Waals surface area contributed by atoms with Crippen molar-refractivity contribution < 1.29 is 8.78 Å². The number of nitrogens with one attached hydrogen (secondary N) is 1. The number of benzene rings is 1. The van der Waals surface area contributed by atoms with Gasteiger partial charge in [0.25, 0.3) is 0 Å². The zero-order valence-corrected chi connectivity index (χ0v) is 6.98. The van der Waals surface area contributed by atoms with Gasteiger partial charge < -0.3 is 11.1 Å². The number of hydrogen-bond acceptors (Lipinski definition) is 2. The van der Waals surface area contributed by atoms with Crippen LogP contribution in [0, 0.1) is 11.6 Å². The second-order valence-corrected chi connectivity index (χ2v) is 3.19. The smallest absolute Gasteiger partial charge is 0.146 e. The molecule has 70 valence electrons. The quantitative estimate of drug-likeness (QED) is 0.650. The highest BCUT2D eigenvalue weighted by atomic mass is 19.1. The summed E-state index contributed by atoms with van der Waals surface area (Å²) in [6, 6.07) is 2.15. The molecule has 1 aromatic rings. The molecular formula is C9H10F2N2. The van der Waals surface area contributed by atoms with Gasteiger partial charge in [-0.05, 0) is 19.0 Å². The van der Waals surface area contributed by atoms with Crippen LogP contribution in [-0.2, 0) is 0 Å². The Labute approximate surface area is 74.7 Å². The Morgan fingerprint density at radius 1 is 1.31 bits per heavy atom. The van der Waals surface area contributed by atoms with E-state index in [4.69, 9.17) is 5.73 Å². The van der Waals surface area contributed by atoms with Gasteiger partial charge in [0, 0.05) is 17.7 Å². The standard InChI is InChI=1S/C9H10F2N2/c10-6-4-8(12)7(11)3-5(6)9-1-2-13-9/h3-4,9,13H,1-2,12H2/t9-/m0/s1. The van der Waals surface area contributed by atoms with Crippen LogP contribution < -0.4 is 11.1 Å². The summed E-state index contributed by atoms with van der Waals surface area (Å²) in [5.41, 5.74) is 5.45. The fourth-order valence-electron chi connectivity index (χ4n) is 1.40. The topological polar surface area (TPSA) is 38.0 Å². The van der Waals surface area contributed by atoms with Crippen LogP contribution in [0.15, 0.2) is 12.1 Å². The molecule has 2 nitrogen and oxygen atoms in total. The first-order chi connectivity index (χ1) is 6.18. The Morgan fingerprint density at radius 2 is 2.00 bits per heavy atom. The maximum Gasteiger partial charge on any atom is 0.146 e. The highest BCUT2D eigenvalue weighted by Crippen LogP contribution is 2.27. The molecule has 0 amide bonds. The van der Waals surface area contributed by atoms with Crippen molar-refractivity contribution in [3.8, 4) is 0 Å². The molecule has 0 unspecified atom stereocenters. The molecule has 0 saturated carbocycles. The maximum atomic E-state index is 13.2. The van der Waals surface area contributed by atoms with Gasteiger partial charge in [-0.25, -0.2) is 8.78 Å². The zero-order chi connectivity index (χ0) is 9.42. The lowest BCUT2D eigenvalue weighted by molar-refractivity contribution is 0.368. The summed E-state index contributed by atoms with van der Waals surface area (Å²) in [6.07, 6.45) is 0.847. The number of nitrogen functional groups attached to an aromatic ring is 1. The Hall–Kier alpha value is -1.16. The van der Waals surface area contributed by atoms with Gasteiger partial charge in [0.1, 0.15) is 11.6 Å². The van der Waals surface area contributed by atoms with Crippen molar-refractivity contribution in [2.45, 2.75) is 12.5 Å². The van der Waals surface area contributed by atoms with Gasteiger partial charge >= 0.3 is 0 Å². The Morgan fingerprint density at radius 3 is 2.54 bits per heavy atom. The molecule has 0 aromatic heterocycles. The SMILES string of the molecule is Nc1cc(F)c([C@@H]2CCN2)cc1F. The first-order valence-corrected chi connectivity index (χ1v) is 4.16. The second kappa shape index (κ2) is 2.96. The minimum absolute atomic E-state index is 0.0462. The third-order valence-corrected chi connectivity index (χ3v) is 2.32. The van der Waals surface area contributed by atoms with Crippen molar-refractivity contribution in [3.63, 3.8) is 0 Å². The van der Waals surface area contributed by atoms with Gasteiger partial charge in [0.15, 0.2) is 0 Å². The van der Waals surface area contributed by atoms with Crippen molar-refractivity contribution in [2.24, 2.45) is 0 Å². The lowest BCUT2D eigenvalue weighted by Crippen LogP contribution is -2.35. The van der Waals surface area contributed by atoms with Crippen LogP contribution in [0.1, 0.15) is 18.0 Å². The molecule has 1 aromatic carbocycles. The van der Waals surface area contributed by atoms with E-state index in [0.29, 0.717) is 5.56 Å². The van der Waals surface area contributed by atoms with Crippen LogP contribution >= 0.6 is 0 Å². The number of anilines is 1. The largest absolute Gasteiger partial charge is 0.396 e. The fraction of sp³-hybridized carbons (Fsp3) is 0.333. The molecule has 13 heavy (non-hydrogen) atoms. The summed E-state index contributed by atoms with van der Waals surface area (Å²) in [5.74, 6) is -0.985. The molecule has 0 spiro atoms. The molecule has 1 fully saturated rings. The average molecular weight is 184 g/mol. The molecule has 1 aliphatic heterocycles. The molecule has 1 atom stereocenters. The molecular weight excluding hydrogens is 174 g/mol. The Bertz CT molecular complexity index is 335. The second-order valence-electron chi connectivity index (χ2n) is 3.19. The van der Waals surface area contributed by atoms with Crippen molar-refractivity contribution in [1.29, 1.82) is 0 Å². The number of hydrogen-bond donors (Lipinski definition) is 2. The van der Waals surface area contributed by atoms with Gasteiger partial charge in [-0.3, -0.25) is 0 Å². The summed E-state index contributed by atoms with van der Waals surface area (Å²) >= 11 is 0. The summed E-state index contributed by atoms with van der Waals surface area (Å²) in [7, 11) is 0. The molecule has 2 rings (SSSR count). The van der Waals surface area contributed by atoms with Crippen LogP contribution in [0.2, 0.25) is 0 Å². The van der Waals surface area contributed by atoms with Crippen molar-refractivity contribution >= 4 is 5.69 Å². The summed E-state index contributed by atoms with van der Waals surface area (Å²) in [5, 5.41) is 3.00. The lowest BCUT2D eigenvalue weighted by atomic mass is 9.97. The first-order valence-electron chi connectivity index (χ1n) is 4.16. The molecule has 0 aliphatic carbocycles. The molecule has 0 bridgehead atoms. The average Bonchev–Trinajstić information content (AvgIpc) is 1.96. The van der Waals surface area contributed by atoms with Crippen LogP contribution in [0.25, 0.3) is 0 Å². The van der Waals surface area contributed by atoms with E-state index >= 15 is 0 Å². The van der Waals surface area contributed by atoms with Crippen LogP contribution in [-0.4, -0.2) is 6.54 Å². The van der Waals surface area contributed by atoms with Crippen LogP contribution in [0.3, 0.4) is 0 Å². The Kier molecular flexibility index (Phi) is 1.92. The third kappa shape index (κ3) is 1.37. The molecule has 1 heterocycles. The van der Waals surface area contributed by atoms with E-state index in [-0.39, 0.29) is 11.7 Å².